The molecule has 198 valence electrons. The van der Waals surface area contributed by atoms with E-state index in [1.807, 2.05) is 40.1 Å². The second kappa shape index (κ2) is 11.6. The SMILES string of the molecule is CC(C)C[C@@H]1NC[C@H]2CN(C3CCN(C(=O)OCc4ccccc4)CC3)C(=O)[C@H](CC(C)C)N2C1=O. The summed E-state index contributed by atoms with van der Waals surface area (Å²) in [4.78, 5) is 45.5. The molecule has 0 unspecified atom stereocenters. The lowest BCUT2D eigenvalue weighted by Crippen LogP contribution is -2.73. The van der Waals surface area contributed by atoms with Gasteiger partial charge < -0.3 is 24.8 Å². The van der Waals surface area contributed by atoms with Crippen LogP contribution in [0.15, 0.2) is 30.3 Å². The average Bonchev–Trinajstić information content (AvgIpc) is 2.86. The van der Waals surface area contributed by atoms with E-state index in [1.165, 1.54) is 0 Å². The van der Waals surface area contributed by atoms with Gasteiger partial charge in [0, 0.05) is 32.2 Å². The molecule has 8 heteroatoms. The first kappa shape index (κ1) is 26.5. The van der Waals surface area contributed by atoms with Crippen LogP contribution < -0.4 is 5.32 Å². The van der Waals surface area contributed by atoms with Gasteiger partial charge in [0.1, 0.15) is 12.6 Å². The summed E-state index contributed by atoms with van der Waals surface area (Å²) < 4.78 is 5.50. The van der Waals surface area contributed by atoms with E-state index in [0.717, 1.165) is 24.8 Å². The number of likely N-dealkylation sites (tertiary alicyclic amines) is 1. The summed E-state index contributed by atoms with van der Waals surface area (Å²) in [7, 11) is 0. The number of hydrogen-bond acceptors (Lipinski definition) is 5. The first-order valence-corrected chi connectivity index (χ1v) is 13.6. The second-order valence-corrected chi connectivity index (χ2v) is 11.4. The lowest BCUT2D eigenvalue weighted by molar-refractivity contribution is -0.164. The maximum atomic E-state index is 13.8. The van der Waals surface area contributed by atoms with Gasteiger partial charge in [0.05, 0.1) is 12.1 Å². The Labute approximate surface area is 215 Å². The summed E-state index contributed by atoms with van der Waals surface area (Å²) in [5, 5.41) is 3.46. The van der Waals surface area contributed by atoms with Gasteiger partial charge in [-0.05, 0) is 43.1 Å². The van der Waals surface area contributed by atoms with Gasteiger partial charge in [-0.25, -0.2) is 4.79 Å². The van der Waals surface area contributed by atoms with Crippen LogP contribution >= 0.6 is 0 Å². The molecule has 1 aromatic rings. The highest BCUT2D eigenvalue weighted by Gasteiger charge is 2.49. The monoisotopic (exact) mass is 498 g/mol. The Balaban J connectivity index is 1.38. The van der Waals surface area contributed by atoms with Gasteiger partial charge in [-0.2, -0.15) is 0 Å². The summed E-state index contributed by atoms with van der Waals surface area (Å²) in [6, 6.07) is 9.14. The van der Waals surface area contributed by atoms with E-state index in [4.69, 9.17) is 4.74 Å². The topological polar surface area (TPSA) is 82.2 Å². The van der Waals surface area contributed by atoms with Crippen LogP contribution in [0, 0.1) is 11.8 Å². The number of ether oxygens (including phenoxy) is 1. The van der Waals surface area contributed by atoms with Gasteiger partial charge in [0.25, 0.3) is 0 Å². The number of nitrogens with zero attached hydrogens (tertiary/aromatic N) is 3. The molecular weight excluding hydrogens is 456 g/mol. The predicted octanol–water partition coefficient (Wildman–Crippen LogP) is 3.26. The van der Waals surface area contributed by atoms with Gasteiger partial charge in [-0.1, -0.05) is 58.0 Å². The van der Waals surface area contributed by atoms with E-state index in [9.17, 15) is 14.4 Å². The molecule has 3 aliphatic rings. The number of nitrogens with one attached hydrogen (secondary N) is 1. The van der Waals surface area contributed by atoms with Gasteiger partial charge in [-0.15, -0.1) is 0 Å². The maximum absolute atomic E-state index is 13.8. The zero-order valence-corrected chi connectivity index (χ0v) is 22.2. The maximum Gasteiger partial charge on any atom is 0.410 e. The summed E-state index contributed by atoms with van der Waals surface area (Å²) in [6.45, 7) is 11.1. The van der Waals surface area contributed by atoms with Gasteiger partial charge >= 0.3 is 6.09 Å². The summed E-state index contributed by atoms with van der Waals surface area (Å²) in [5.41, 5.74) is 0.965. The van der Waals surface area contributed by atoms with Crippen molar-refractivity contribution in [2.75, 3.05) is 26.2 Å². The van der Waals surface area contributed by atoms with E-state index < -0.39 is 6.04 Å². The van der Waals surface area contributed by atoms with Crippen LogP contribution in [0.3, 0.4) is 0 Å². The number of piperazine rings is 2. The molecule has 4 rings (SSSR count). The van der Waals surface area contributed by atoms with E-state index in [0.29, 0.717) is 44.4 Å². The van der Waals surface area contributed by atoms with Crippen molar-refractivity contribution >= 4 is 17.9 Å². The third-order valence-electron chi connectivity index (χ3n) is 7.63. The molecule has 8 nitrogen and oxygen atoms in total. The normalized spacial score (nSPS) is 25.5. The molecule has 3 heterocycles. The fourth-order valence-corrected chi connectivity index (χ4v) is 5.83. The fourth-order valence-electron chi connectivity index (χ4n) is 5.83. The quantitative estimate of drug-likeness (QED) is 0.624. The Morgan fingerprint density at radius 3 is 2.28 bits per heavy atom. The van der Waals surface area contributed by atoms with Crippen molar-refractivity contribution in [1.82, 2.24) is 20.0 Å². The number of fused-ring (bicyclic) bond motifs is 1. The first-order valence-electron chi connectivity index (χ1n) is 13.6. The highest BCUT2D eigenvalue weighted by atomic mass is 16.6. The van der Waals surface area contributed by atoms with Crippen LogP contribution in [0.5, 0.6) is 0 Å². The van der Waals surface area contributed by atoms with Gasteiger partial charge in [0.2, 0.25) is 11.8 Å². The highest BCUT2D eigenvalue weighted by Crippen LogP contribution is 2.30. The molecule has 0 bridgehead atoms. The smallest absolute Gasteiger partial charge is 0.410 e. The number of hydrogen-bond donors (Lipinski definition) is 1. The van der Waals surface area contributed by atoms with E-state index in [-0.39, 0.29) is 42.6 Å². The zero-order valence-electron chi connectivity index (χ0n) is 22.2. The van der Waals surface area contributed by atoms with Crippen molar-refractivity contribution in [3.8, 4) is 0 Å². The van der Waals surface area contributed by atoms with Crippen LogP contribution in [-0.4, -0.2) is 83.0 Å². The molecule has 0 aromatic heterocycles. The second-order valence-electron chi connectivity index (χ2n) is 11.4. The van der Waals surface area contributed by atoms with Crippen LogP contribution in [-0.2, 0) is 20.9 Å². The zero-order chi connectivity index (χ0) is 25.8. The Hall–Kier alpha value is -2.61. The van der Waals surface area contributed by atoms with Crippen LogP contribution in [0.4, 0.5) is 4.79 Å². The Morgan fingerprint density at radius 2 is 1.64 bits per heavy atom. The lowest BCUT2D eigenvalue weighted by atomic mass is 9.89. The Morgan fingerprint density at radius 1 is 0.972 bits per heavy atom. The lowest BCUT2D eigenvalue weighted by Gasteiger charge is -2.53. The molecule has 0 aliphatic carbocycles. The van der Waals surface area contributed by atoms with Crippen LogP contribution in [0.1, 0.15) is 58.9 Å². The van der Waals surface area contributed by atoms with Gasteiger partial charge in [-0.3, -0.25) is 9.59 Å². The number of rotatable bonds is 7. The van der Waals surface area contributed by atoms with Crippen molar-refractivity contribution in [2.45, 2.75) is 84.2 Å². The number of carbonyl (C=O) groups is 3. The largest absolute Gasteiger partial charge is 0.445 e. The highest BCUT2D eigenvalue weighted by molar-refractivity contribution is 5.92. The molecule has 0 saturated carbocycles. The van der Waals surface area contributed by atoms with Crippen LogP contribution in [0.2, 0.25) is 0 Å². The van der Waals surface area contributed by atoms with Crippen molar-refractivity contribution in [2.24, 2.45) is 11.8 Å². The average molecular weight is 499 g/mol. The number of piperidine rings is 1. The standard InChI is InChI=1S/C28H42N4O4/c1-19(2)14-24-26(33)32-23(16-29-24)17-31(27(34)25(32)15-20(3)4)22-10-12-30(13-11-22)28(35)36-18-21-8-6-5-7-9-21/h5-9,19-20,22-25,29H,10-18H2,1-4H3/t23-,24-,25-/m0/s1. The number of benzene rings is 1. The molecular formula is C28H42N4O4. The van der Waals surface area contributed by atoms with Crippen molar-refractivity contribution in [3.05, 3.63) is 35.9 Å². The molecule has 3 saturated heterocycles. The third-order valence-corrected chi connectivity index (χ3v) is 7.63. The van der Waals surface area contributed by atoms with Crippen molar-refractivity contribution in [1.29, 1.82) is 0 Å². The minimum atomic E-state index is -0.401. The van der Waals surface area contributed by atoms with E-state index in [1.54, 1.807) is 4.90 Å². The van der Waals surface area contributed by atoms with Crippen molar-refractivity contribution < 1.29 is 19.1 Å². The third kappa shape index (κ3) is 6.02. The minimum absolute atomic E-state index is 0.00349. The molecule has 3 fully saturated rings. The van der Waals surface area contributed by atoms with Gasteiger partial charge in [0.15, 0.2) is 0 Å². The summed E-state index contributed by atoms with van der Waals surface area (Å²) in [6.07, 6.45) is 2.61. The summed E-state index contributed by atoms with van der Waals surface area (Å²) in [5.74, 6) is 0.873. The molecule has 1 N–H and O–H groups in total. The molecule has 3 amide bonds. The fraction of sp³-hybridized carbons (Fsp3) is 0.679. The van der Waals surface area contributed by atoms with E-state index >= 15 is 0 Å². The number of carbonyl (C=O) groups excluding carboxylic acids is 3. The predicted molar refractivity (Wildman–Crippen MR) is 138 cm³/mol. The molecule has 0 spiro atoms. The Kier molecular flexibility index (Phi) is 8.54. The van der Waals surface area contributed by atoms with Crippen molar-refractivity contribution in [3.63, 3.8) is 0 Å². The van der Waals surface area contributed by atoms with E-state index in [2.05, 4.69) is 33.0 Å². The van der Waals surface area contributed by atoms with Crippen LogP contribution in [0.25, 0.3) is 0 Å². The Bertz CT molecular complexity index is 913. The summed E-state index contributed by atoms with van der Waals surface area (Å²) >= 11 is 0. The molecule has 1 aromatic carbocycles. The minimum Gasteiger partial charge on any atom is -0.445 e. The first-order chi connectivity index (χ1) is 17.2. The number of amides is 3. The molecule has 0 radical (unpaired) electrons. The molecule has 3 aliphatic heterocycles. The molecule has 3 atom stereocenters. The molecule has 36 heavy (non-hydrogen) atoms.